The van der Waals surface area contributed by atoms with Gasteiger partial charge < -0.3 is 10.1 Å². The molecular formula is C9H13BrN2O. The van der Waals surface area contributed by atoms with Crippen molar-refractivity contribution in [1.29, 1.82) is 0 Å². The minimum Gasteiger partial charge on any atom is -0.476 e. The van der Waals surface area contributed by atoms with Gasteiger partial charge in [0.25, 0.3) is 0 Å². The second-order valence-corrected chi connectivity index (χ2v) is 3.49. The highest BCUT2D eigenvalue weighted by molar-refractivity contribution is 9.10. The van der Waals surface area contributed by atoms with Crippen molar-refractivity contribution in [2.75, 3.05) is 20.2 Å². The van der Waals surface area contributed by atoms with Crippen LogP contribution >= 0.6 is 15.9 Å². The second-order valence-electron chi connectivity index (χ2n) is 2.70. The van der Waals surface area contributed by atoms with E-state index < -0.39 is 0 Å². The Balaban J connectivity index is 2.61. The third-order valence-electron chi connectivity index (χ3n) is 1.64. The van der Waals surface area contributed by atoms with Gasteiger partial charge in [0.05, 0.1) is 4.47 Å². The van der Waals surface area contributed by atoms with E-state index in [0.717, 1.165) is 16.6 Å². The van der Waals surface area contributed by atoms with Gasteiger partial charge in [-0.2, -0.15) is 0 Å². The molecule has 0 atom stereocenters. The number of rotatable bonds is 4. The largest absolute Gasteiger partial charge is 0.476 e. The Morgan fingerprint density at radius 1 is 1.62 bits per heavy atom. The summed E-state index contributed by atoms with van der Waals surface area (Å²) in [4.78, 5) is 4.11. The first kappa shape index (κ1) is 10.5. The highest BCUT2D eigenvalue weighted by atomic mass is 79.9. The Kier molecular flexibility index (Phi) is 4.18. The molecule has 1 aromatic rings. The van der Waals surface area contributed by atoms with Gasteiger partial charge in [-0.1, -0.05) is 0 Å². The lowest BCUT2D eigenvalue weighted by atomic mass is 10.3. The Labute approximate surface area is 86.6 Å². The summed E-state index contributed by atoms with van der Waals surface area (Å²) in [5, 5.41) is 3.00. The third kappa shape index (κ3) is 2.97. The van der Waals surface area contributed by atoms with Gasteiger partial charge in [-0.15, -0.1) is 0 Å². The molecule has 0 fully saturated rings. The zero-order chi connectivity index (χ0) is 9.68. The van der Waals surface area contributed by atoms with Crippen molar-refractivity contribution in [3.63, 3.8) is 0 Å². The summed E-state index contributed by atoms with van der Waals surface area (Å²) in [5.41, 5.74) is 1.13. The first-order valence-electron chi connectivity index (χ1n) is 4.14. The molecule has 0 unspecified atom stereocenters. The average Bonchev–Trinajstić information content (AvgIpc) is 2.13. The standard InChI is InChI=1S/C9H13BrN2O/c1-7-3-4-12-9(8(7)10)13-6-5-11-2/h3-4,11H,5-6H2,1-2H3. The summed E-state index contributed by atoms with van der Waals surface area (Å²) in [5.74, 6) is 0.662. The maximum absolute atomic E-state index is 5.44. The molecule has 1 aromatic heterocycles. The maximum Gasteiger partial charge on any atom is 0.228 e. The zero-order valence-electron chi connectivity index (χ0n) is 7.80. The maximum atomic E-state index is 5.44. The molecule has 1 rings (SSSR count). The van der Waals surface area contributed by atoms with E-state index in [1.807, 2.05) is 20.0 Å². The molecule has 1 heterocycles. The molecule has 0 amide bonds. The van der Waals surface area contributed by atoms with Gasteiger partial charge in [0.15, 0.2) is 0 Å². The number of nitrogens with zero attached hydrogens (tertiary/aromatic N) is 1. The Bertz CT molecular complexity index is 278. The molecule has 0 bridgehead atoms. The van der Waals surface area contributed by atoms with E-state index in [1.54, 1.807) is 6.20 Å². The summed E-state index contributed by atoms with van der Waals surface area (Å²) in [6.45, 7) is 3.46. The predicted molar refractivity (Wildman–Crippen MR) is 56.1 cm³/mol. The fourth-order valence-corrected chi connectivity index (χ4v) is 1.21. The number of aryl methyl sites for hydroxylation is 1. The summed E-state index contributed by atoms with van der Waals surface area (Å²) in [6.07, 6.45) is 1.74. The van der Waals surface area contributed by atoms with Crippen LogP contribution in [0.2, 0.25) is 0 Å². The van der Waals surface area contributed by atoms with Gasteiger partial charge in [-0.05, 0) is 41.5 Å². The van der Waals surface area contributed by atoms with E-state index in [-0.39, 0.29) is 0 Å². The van der Waals surface area contributed by atoms with Crippen molar-refractivity contribution in [1.82, 2.24) is 10.3 Å². The lowest BCUT2D eigenvalue weighted by Gasteiger charge is -2.07. The summed E-state index contributed by atoms with van der Waals surface area (Å²) in [7, 11) is 1.89. The average molecular weight is 245 g/mol. The van der Waals surface area contributed by atoms with Crippen LogP contribution in [0.1, 0.15) is 5.56 Å². The Morgan fingerprint density at radius 3 is 3.08 bits per heavy atom. The SMILES string of the molecule is CNCCOc1nccc(C)c1Br. The van der Waals surface area contributed by atoms with Gasteiger partial charge in [-0.3, -0.25) is 0 Å². The first-order valence-corrected chi connectivity index (χ1v) is 4.93. The van der Waals surface area contributed by atoms with Gasteiger partial charge in [-0.25, -0.2) is 4.98 Å². The fraction of sp³-hybridized carbons (Fsp3) is 0.444. The summed E-state index contributed by atoms with van der Waals surface area (Å²) in [6, 6.07) is 1.94. The van der Waals surface area contributed by atoms with E-state index in [2.05, 4.69) is 26.2 Å². The summed E-state index contributed by atoms with van der Waals surface area (Å²) < 4.78 is 6.37. The number of likely N-dealkylation sites (N-methyl/N-ethyl adjacent to an activating group) is 1. The number of ether oxygens (including phenoxy) is 1. The molecule has 0 aliphatic rings. The number of halogens is 1. The van der Waals surface area contributed by atoms with E-state index in [0.29, 0.717) is 12.5 Å². The Hall–Kier alpha value is -0.610. The molecular weight excluding hydrogens is 232 g/mol. The number of hydrogen-bond acceptors (Lipinski definition) is 3. The van der Waals surface area contributed by atoms with Crippen molar-refractivity contribution in [3.8, 4) is 5.88 Å². The molecule has 72 valence electrons. The van der Waals surface area contributed by atoms with Crippen molar-refractivity contribution >= 4 is 15.9 Å². The normalized spacial score (nSPS) is 10.1. The van der Waals surface area contributed by atoms with Crippen LogP contribution in [-0.2, 0) is 0 Å². The van der Waals surface area contributed by atoms with Crippen LogP contribution in [0, 0.1) is 6.92 Å². The van der Waals surface area contributed by atoms with E-state index in [9.17, 15) is 0 Å². The first-order chi connectivity index (χ1) is 6.25. The van der Waals surface area contributed by atoms with Crippen LogP contribution in [0.3, 0.4) is 0 Å². The van der Waals surface area contributed by atoms with Crippen LogP contribution in [0.5, 0.6) is 5.88 Å². The van der Waals surface area contributed by atoms with Crippen LogP contribution in [0.4, 0.5) is 0 Å². The molecule has 1 N–H and O–H groups in total. The third-order valence-corrected chi connectivity index (χ3v) is 2.61. The molecule has 0 radical (unpaired) electrons. The zero-order valence-corrected chi connectivity index (χ0v) is 9.39. The van der Waals surface area contributed by atoms with Gasteiger partial charge in [0, 0.05) is 12.7 Å². The topological polar surface area (TPSA) is 34.1 Å². The Morgan fingerprint density at radius 2 is 2.38 bits per heavy atom. The summed E-state index contributed by atoms with van der Waals surface area (Å²) >= 11 is 3.42. The fourth-order valence-electron chi connectivity index (χ4n) is 0.866. The molecule has 4 heteroatoms. The lowest BCUT2D eigenvalue weighted by molar-refractivity contribution is 0.304. The van der Waals surface area contributed by atoms with Crippen LogP contribution < -0.4 is 10.1 Å². The van der Waals surface area contributed by atoms with Crippen molar-refractivity contribution in [3.05, 3.63) is 22.3 Å². The molecule has 0 saturated carbocycles. The smallest absolute Gasteiger partial charge is 0.228 e. The van der Waals surface area contributed by atoms with E-state index in [4.69, 9.17) is 4.74 Å². The van der Waals surface area contributed by atoms with E-state index >= 15 is 0 Å². The number of hydrogen-bond donors (Lipinski definition) is 1. The molecule has 0 aliphatic carbocycles. The van der Waals surface area contributed by atoms with Crippen molar-refractivity contribution < 1.29 is 4.74 Å². The number of pyridine rings is 1. The van der Waals surface area contributed by atoms with Crippen LogP contribution in [0.25, 0.3) is 0 Å². The van der Waals surface area contributed by atoms with Crippen molar-refractivity contribution in [2.24, 2.45) is 0 Å². The quantitative estimate of drug-likeness (QED) is 0.820. The van der Waals surface area contributed by atoms with Gasteiger partial charge in [0.2, 0.25) is 5.88 Å². The van der Waals surface area contributed by atoms with Crippen molar-refractivity contribution in [2.45, 2.75) is 6.92 Å². The molecule has 0 aliphatic heterocycles. The van der Waals surface area contributed by atoms with Gasteiger partial charge >= 0.3 is 0 Å². The number of nitrogens with one attached hydrogen (secondary N) is 1. The van der Waals surface area contributed by atoms with Crippen LogP contribution in [-0.4, -0.2) is 25.2 Å². The highest BCUT2D eigenvalue weighted by Crippen LogP contribution is 2.24. The minimum atomic E-state index is 0.631. The number of aromatic nitrogens is 1. The van der Waals surface area contributed by atoms with Gasteiger partial charge in [0.1, 0.15) is 6.61 Å². The predicted octanol–water partition coefficient (Wildman–Crippen LogP) is 1.75. The van der Waals surface area contributed by atoms with Crippen LogP contribution in [0.15, 0.2) is 16.7 Å². The monoisotopic (exact) mass is 244 g/mol. The lowest BCUT2D eigenvalue weighted by Crippen LogP contribution is -2.16. The van der Waals surface area contributed by atoms with E-state index in [1.165, 1.54) is 0 Å². The molecule has 13 heavy (non-hydrogen) atoms. The molecule has 0 spiro atoms. The second kappa shape index (κ2) is 5.19. The highest BCUT2D eigenvalue weighted by Gasteiger charge is 2.03. The molecule has 3 nitrogen and oxygen atoms in total. The molecule has 0 saturated heterocycles. The minimum absolute atomic E-state index is 0.631. The molecule has 0 aromatic carbocycles.